The molecule has 2 aromatic heterocycles. The number of benzene rings is 2. The van der Waals surface area contributed by atoms with Crippen molar-refractivity contribution in [3.05, 3.63) is 72.4 Å². The number of anilines is 2. The van der Waals surface area contributed by atoms with Crippen molar-refractivity contribution >= 4 is 48.9 Å². The number of carbonyl (C=O) groups excluding carboxylic acids is 1. The van der Waals surface area contributed by atoms with Crippen molar-refractivity contribution in [2.24, 2.45) is 0 Å². The Hall–Kier alpha value is -3.50. The normalized spacial score (nSPS) is 11.2. The molecule has 4 rings (SSSR count). The number of ether oxygens (including phenoxy) is 1. The van der Waals surface area contributed by atoms with E-state index in [1.54, 1.807) is 23.7 Å². The van der Waals surface area contributed by atoms with Gasteiger partial charge in [-0.2, -0.15) is 0 Å². The van der Waals surface area contributed by atoms with Gasteiger partial charge in [0.1, 0.15) is 0 Å². The molecule has 10 heteroatoms. The van der Waals surface area contributed by atoms with Crippen LogP contribution in [-0.4, -0.2) is 30.9 Å². The molecule has 0 saturated heterocycles. The van der Waals surface area contributed by atoms with Gasteiger partial charge < -0.3 is 10.1 Å². The quantitative estimate of drug-likeness (QED) is 0.355. The summed E-state index contributed by atoms with van der Waals surface area (Å²) >= 11 is 1.19. The van der Waals surface area contributed by atoms with E-state index in [4.69, 9.17) is 4.74 Å². The Balaban J connectivity index is 1.26. The van der Waals surface area contributed by atoms with Gasteiger partial charge in [0.05, 0.1) is 11.5 Å². The smallest absolute Gasteiger partial charge is 0.263 e. The molecule has 0 saturated carbocycles. The third kappa shape index (κ3) is 5.40. The van der Waals surface area contributed by atoms with Gasteiger partial charge in [0.2, 0.25) is 11.8 Å². The third-order valence-electron chi connectivity index (χ3n) is 4.53. The monoisotopic (exact) mass is 468 g/mol. The number of pyridine rings is 1. The number of sulfonamides is 1. The summed E-state index contributed by atoms with van der Waals surface area (Å²) in [6.45, 7) is 0.355. The van der Waals surface area contributed by atoms with Crippen molar-refractivity contribution in [1.82, 2.24) is 9.97 Å². The molecule has 2 heterocycles. The highest BCUT2D eigenvalue weighted by Gasteiger charge is 2.15. The maximum absolute atomic E-state index is 12.4. The zero-order chi connectivity index (χ0) is 22.4. The van der Waals surface area contributed by atoms with Gasteiger partial charge in [-0.25, -0.2) is 18.4 Å². The van der Waals surface area contributed by atoms with Crippen molar-refractivity contribution in [3.8, 4) is 5.88 Å². The van der Waals surface area contributed by atoms with Crippen molar-refractivity contribution in [3.63, 3.8) is 0 Å². The number of thiazole rings is 1. The Labute approximate surface area is 189 Å². The minimum absolute atomic E-state index is 0.0849. The van der Waals surface area contributed by atoms with E-state index in [9.17, 15) is 13.2 Å². The van der Waals surface area contributed by atoms with Gasteiger partial charge >= 0.3 is 0 Å². The van der Waals surface area contributed by atoms with E-state index in [0.717, 1.165) is 10.8 Å². The summed E-state index contributed by atoms with van der Waals surface area (Å²) in [5.41, 5.74) is 0.514. The van der Waals surface area contributed by atoms with Crippen molar-refractivity contribution in [1.29, 1.82) is 0 Å². The van der Waals surface area contributed by atoms with E-state index in [0.29, 0.717) is 29.7 Å². The second-order valence-corrected chi connectivity index (χ2v) is 9.38. The number of aromatic nitrogens is 2. The Bertz CT molecular complexity index is 1300. The Morgan fingerprint density at radius 1 is 1.00 bits per heavy atom. The first-order valence-electron chi connectivity index (χ1n) is 9.80. The number of fused-ring (bicyclic) bond motifs is 1. The highest BCUT2D eigenvalue weighted by atomic mass is 32.2. The zero-order valence-electron chi connectivity index (χ0n) is 16.9. The highest BCUT2D eigenvalue weighted by Crippen LogP contribution is 2.23. The summed E-state index contributed by atoms with van der Waals surface area (Å²) in [5.74, 6) is 0.364. The number of hydrogen-bond acceptors (Lipinski definition) is 7. The van der Waals surface area contributed by atoms with Crippen LogP contribution in [0.2, 0.25) is 0 Å². The molecule has 0 aliphatic heterocycles. The standard InChI is InChI=1S/C22H20N4O4S2/c27-20(6-3-14-30-21-19-5-2-1-4-16(19)11-12-23-21)25-17-7-9-18(10-8-17)32(28,29)26-22-24-13-15-31-22/h1-2,4-5,7-13,15H,3,6,14H2,(H,24,26)(H,25,27). The van der Waals surface area contributed by atoms with Crippen molar-refractivity contribution in [2.45, 2.75) is 17.7 Å². The lowest BCUT2D eigenvalue weighted by Crippen LogP contribution is -2.14. The van der Waals surface area contributed by atoms with Crippen LogP contribution in [0.5, 0.6) is 5.88 Å². The molecule has 1 amide bonds. The molecule has 0 radical (unpaired) electrons. The van der Waals surface area contributed by atoms with Crippen LogP contribution in [0.4, 0.5) is 10.8 Å². The van der Waals surface area contributed by atoms with E-state index in [2.05, 4.69) is 20.0 Å². The summed E-state index contributed by atoms with van der Waals surface area (Å²) in [4.78, 5) is 20.5. The van der Waals surface area contributed by atoms with Gasteiger partial charge in [-0.1, -0.05) is 18.2 Å². The largest absolute Gasteiger partial charge is 0.477 e. The average Bonchev–Trinajstić information content (AvgIpc) is 3.29. The second-order valence-electron chi connectivity index (χ2n) is 6.80. The molecule has 0 bridgehead atoms. The predicted molar refractivity (Wildman–Crippen MR) is 124 cm³/mol. The zero-order valence-corrected chi connectivity index (χ0v) is 18.5. The van der Waals surface area contributed by atoms with Crippen LogP contribution < -0.4 is 14.8 Å². The molecule has 0 fully saturated rings. The minimum atomic E-state index is -3.73. The van der Waals surface area contributed by atoms with E-state index in [1.807, 2.05) is 30.3 Å². The van der Waals surface area contributed by atoms with Gasteiger partial charge in [-0.05, 0) is 48.2 Å². The third-order valence-corrected chi connectivity index (χ3v) is 6.70. The second kappa shape index (κ2) is 9.75. The highest BCUT2D eigenvalue weighted by molar-refractivity contribution is 7.93. The molecule has 0 atom stereocenters. The molecule has 8 nitrogen and oxygen atoms in total. The molecule has 32 heavy (non-hydrogen) atoms. The number of hydrogen-bond donors (Lipinski definition) is 2. The first-order valence-corrected chi connectivity index (χ1v) is 12.2. The fraction of sp³-hybridized carbons (Fsp3) is 0.136. The van der Waals surface area contributed by atoms with Crippen molar-refractivity contribution < 1.29 is 17.9 Å². The number of carbonyl (C=O) groups is 1. The lowest BCUT2D eigenvalue weighted by atomic mass is 10.2. The Morgan fingerprint density at radius 3 is 2.59 bits per heavy atom. The Kier molecular flexibility index (Phi) is 6.62. The fourth-order valence-electron chi connectivity index (χ4n) is 3.00. The van der Waals surface area contributed by atoms with Crippen LogP contribution in [0.15, 0.2) is 77.3 Å². The van der Waals surface area contributed by atoms with E-state index in [-0.39, 0.29) is 17.2 Å². The molecule has 2 N–H and O–H groups in total. The molecule has 0 aliphatic carbocycles. The molecule has 0 unspecified atom stereocenters. The molecular formula is C22H20N4O4S2. The van der Waals surface area contributed by atoms with E-state index >= 15 is 0 Å². The molecular weight excluding hydrogens is 448 g/mol. The Morgan fingerprint density at radius 2 is 1.81 bits per heavy atom. The van der Waals surface area contributed by atoms with Gasteiger partial charge in [0.25, 0.3) is 10.0 Å². The van der Waals surface area contributed by atoms with Crippen molar-refractivity contribution in [2.75, 3.05) is 16.6 Å². The van der Waals surface area contributed by atoms with Crippen LogP contribution in [0.25, 0.3) is 10.8 Å². The van der Waals surface area contributed by atoms with E-state index in [1.165, 1.54) is 29.7 Å². The molecule has 0 aliphatic rings. The SMILES string of the molecule is O=C(CCCOc1nccc2ccccc12)Nc1ccc(S(=O)(=O)Nc2nccs2)cc1. The summed E-state index contributed by atoms with van der Waals surface area (Å²) in [7, 11) is -3.73. The van der Waals surface area contributed by atoms with Crippen LogP contribution in [0.3, 0.4) is 0 Å². The van der Waals surface area contributed by atoms with Gasteiger partial charge in [-0.3, -0.25) is 9.52 Å². The van der Waals surface area contributed by atoms with Crippen LogP contribution in [-0.2, 0) is 14.8 Å². The predicted octanol–water partition coefficient (Wildman–Crippen LogP) is 4.29. The number of rotatable bonds is 9. The lowest BCUT2D eigenvalue weighted by Gasteiger charge is -2.09. The fourth-order valence-corrected chi connectivity index (χ4v) is 4.79. The topological polar surface area (TPSA) is 110 Å². The molecule has 4 aromatic rings. The van der Waals surface area contributed by atoms with Gasteiger partial charge in [-0.15, -0.1) is 11.3 Å². The number of amides is 1. The maximum atomic E-state index is 12.4. The summed E-state index contributed by atoms with van der Waals surface area (Å²) in [5, 5.41) is 6.71. The van der Waals surface area contributed by atoms with Crippen LogP contribution in [0, 0.1) is 0 Å². The van der Waals surface area contributed by atoms with Crippen LogP contribution >= 0.6 is 11.3 Å². The molecule has 164 valence electrons. The summed E-state index contributed by atoms with van der Waals surface area (Å²) < 4.78 is 32.9. The average molecular weight is 469 g/mol. The van der Waals surface area contributed by atoms with E-state index < -0.39 is 10.0 Å². The first-order chi connectivity index (χ1) is 15.5. The minimum Gasteiger partial charge on any atom is -0.477 e. The lowest BCUT2D eigenvalue weighted by molar-refractivity contribution is -0.116. The number of nitrogens with one attached hydrogen (secondary N) is 2. The maximum Gasteiger partial charge on any atom is 0.263 e. The molecule has 0 spiro atoms. The number of nitrogens with zero attached hydrogens (tertiary/aromatic N) is 2. The first kappa shape index (κ1) is 21.7. The summed E-state index contributed by atoms with van der Waals surface area (Å²) in [6, 6.07) is 15.7. The van der Waals surface area contributed by atoms with Crippen LogP contribution in [0.1, 0.15) is 12.8 Å². The molecule has 2 aromatic carbocycles. The van der Waals surface area contributed by atoms with Gasteiger partial charge in [0, 0.05) is 35.3 Å². The summed E-state index contributed by atoms with van der Waals surface area (Å²) in [6.07, 6.45) is 3.99. The van der Waals surface area contributed by atoms with Gasteiger partial charge in [0.15, 0.2) is 5.13 Å².